The molecule has 9 heteroatoms. The number of imide groups is 1. The van der Waals surface area contributed by atoms with Crippen molar-refractivity contribution in [1.29, 1.82) is 0 Å². The number of para-hydroxylation sites is 1. The molecule has 3 N–H and O–H groups in total. The number of carbonyl (C=O) groups is 3. The number of nitrogens with two attached hydrogens (primary N) is 1. The first-order valence-electron chi connectivity index (χ1n) is 13.2. The summed E-state index contributed by atoms with van der Waals surface area (Å²) in [6.07, 6.45) is 8.22. The van der Waals surface area contributed by atoms with E-state index in [0.29, 0.717) is 11.6 Å². The molecule has 198 valence electrons. The summed E-state index contributed by atoms with van der Waals surface area (Å²) in [5.74, 6) is -1.91. The SMILES string of the molecule is CCC[C@@H](NC(=O)N1C(=O)[C@H](Cc2cc(N)ncc2F)[C@H]1C(=O)N(C)c1ccccc1)C1CCCCC1. The number of carbonyl (C=O) groups excluding carboxylic acids is 3. The summed E-state index contributed by atoms with van der Waals surface area (Å²) in [6, 6.07) is 8.72. The number of likely N-dealkylation sites (N-methyl/N-ethyl adjacent to an activating group) is 1. The molecule has 0 radical (unpaired) electrons. The van der Waals surface area contributed by atoms with Crippen molar-refractivity contribution in [2.75, 3.05) is 17.7 Å². The molecule has 0 bridgehead atoms. The van der Waals surface area contributed by atoms with E-state index in [1.165, 1.54) is 17.4 Å². The maximum atomic E-state index is 14.5. The molecule has 3 atom stereocenters. The zero-order valence-electron chi connectivity index (χ0n) is 21.5. The van der Waals surface area contributed by atoms with E-state index < -0.39 is 35.6 Å². The summed E-state index contributed by atoms with van der Waals surface area (Å²) in [4.78, 5) is 46.7. The Bertz CT molecular complexity index is 1120. The van der Waals surface area contributed by atoms with Crippen molar-refractivity contribution in [2.45, 2.75) is 70.4 Å². The highest BCUT2D eigenvalue weighted by molar-refractivity contribution is 6.12. The van der Waals surface area contributed by atoms with Crippen molar-refractivity contribution in [1.82, 2.24) is 15.2 Å². The second-order valence-corrected chi connectivity index (χ2v) is 10.1. The second kappa shape index (κ2) is 11.7. The fourth-order valence-corrected chi connectivity index (χ4v) is 5.63. The molecule has 1 aromatic heterocycles. The van der Waals surface area contributed by atoms with Crippen molar-refractivity contribution in [3.63, 3.8) is 0 Å². The van der Waals surface area contributed by atoms with E-state index in [0.717, 1.165) is 49.6 Å². The monoisotopic (exact) mass is 509 g/mol. The quantitative estimate of drug-likeness (QED) is 0.516. The van der Waals surface area contributed by atoms with Gasteiger partial charge < -0.3 is 16.0 Å². The smallest absolute Gasteiger partial charge is 0.325 e. The molecule has 4 rings (SSSR count). The standard InChI is InChI=1S/C28H36FN5O3/c1-3-10-23(18-11-6-4-7-12-18)32-28(37)34-25(27(36)33(2)20-13-8-5-9-14-20)21(26(34)35)15-19-16-24(30)31-17-22(19)29/h5,8-9,13-14,16-18,21,23,25H,3-4,6-7,10-12,15H2,1-2H3,(H2,30,31)(H,32,37)/t21-,23-,25+/m1/s1. The number of amides is 4. The van der Waals surface area contributed by atoms with E-state index >= 15 is 0 Å². The van der Waals surface area contributed by atoms with Gasteiger partial charge in [-0.05, 0) is 55.4 Å². The van der Waals surface area contributed by atoms with E-state index in [1.54, 1.807) is 19.2 Å². The molecule has 4 amide bonds. The molecule has 2 aliphatic rings. The van der Waals surface area contributed by atoms with Crippen LogP contribution in [0.5, 0.6) is 0 Å². The van der Waals surface area contributed by atoms with Gasteiger partial charge in [0.1, 0.15) is 17.7 Å². The van der Waals surface area contributed by atoms with Crippen LogP contribution in [0.2, 0.25) is 0 Å². The van der Waals surface area contributed by atoms with Gasteiger partial charge in [-0.25, -0.2) is 14.2 Å². The molecule has 2 fully saturated rings. The number of nitrogens with one attached hydrogen (secondary N) is 1. The topological polar surface area (TPSA) is 109 Å². The van der Waals surface area contributed by atoms with Crippen LogP contribution in [-0.4, -0.2) is 46.9 Å². The Morgan fingerprint density at radius 1 is 1.22 bits per heavy atom. The lowest BCUT2D eigenvalue weighted by Gasteiger charge is -2.46. The fraction of sp³-hybridized carbons (Fsp3) is 0.500. The van der Waals surface area contributed by atoms with Crippen LogP contribution in [0.3, 0.4) is 0 Å². The Labute approximate surface area is 217 Å². The van der Waals surface area contributed by atoms with Gasteiger partial charge in [-0.3, -0.25) is 14.5 Å². The van der Waals surface area contributed by atoms with Crippen LogP contribution >= 0.6 is 0 Å². The molecular weight excluding hydrogens is 473 g/mol. The normalized spacial score (nSPS) is 20.7. The first-order valence-corrected chi connectivity index (χ1v) is 13.2. The summed E-state index contributed by atoms with van der Waals surface area (Å²) in [6.45, 7) is 2.07. The maximum absolute atomic E-state index is 14.5. The van der Waals surface area contributed by atoms with Crippen molar-refractivity contribution >= 4 is 29.4 Å². The first kappa shape index (κ1) is 26.6. The van der Waals surface area contributed by atoms with Crippen LogP contribution in [0, 0.1) is 17.7 Å². The van der Waals surface area contributed by atoms with E-state index in [-0.39, 0.29) is 23.8 Å². The predicted molar refractivity (Wildman–Crippen MR) is 140 cm³/mol. The molecule has 1 aliphatic carbocycles. The number of hydrogen-bond acceptors (Lipinski definition) is 5. The van der Waals surface area contributed by atoms with Crippen LogP contribution in [0.4, 0.5) is 20.7 Å². The average Bonchev–Trinajstić information content (AvgIpc) is 2.91. The number of pyridine rings is 1. The molecule has 0 spiro atoms. The molecule has 0 unspecified atom stereocenters. The van der Waals surface area contributed by atoms with Crippen molar-refractivity contribution in [3.05, 3.63) is 54.0 Å². The van der Waals surface area contributed by atoms with E-state index in [1.807, 2.05) is 18.2 Å². The highest BCUT2D eigenvalue weighted by Crippen LogP contribution is 2.34. The number of β-lactam (4-membered cyclic amide) rings is 1. The molecule has 2 heterocycles. The number of urea groups is 1. The van der Waals surface area contributed by atoms with Gasteiger partial charge in [-0.2, -0.15) is 0 Å². The minimum absolute atomic E-state index is 0.0512. The van der Waals surface area contributed by atoms with Crippen molar-refractivity contribution < 1.29 is 18.8 Å². The summed E-state index contributed by atoms with van der Waals surface area (Å²) < 4.78 is 14.5. The third-order valence-corrected chi connectivity index (χ3v) is 7.68. The Balaban J connectivity index is 1.59. The minimum Gasteiger partial charge on any atom is -0.384 e. The van der Waals surface area contributed by atoms with Crippen molar-refractivity contribution in [3.8, 4) is 0 Å². The Morgan fingerprint density at radius 3 is 2.59 bits per heavy atom. The number of halogens is 1. The summed E-state index contributed by atoms with van der Waals surface area (Å²) in [5, 5.41) is 3.08. The number of hydrogen-bond donors (Lipinski definition) is 2. The van der Waals surface area contributed by atoms with E-state index in [9.17, 15) is 18.8 Å². The predicted octanol–water partition coefficient (Wildman–Crippen LogP) is 4.29. The highest BCUT2D eigenvalue weighted by atomic mass is 19.1. The molecular formula is C28H36FN5O3. The highest BCUT2D eigenvalue weighted by Gasteiger charge is 2.55. The number of nitrogen functional groups attached to an aromatic ring is 1. The Hall–Kier alpha value is -3.49. The van der Waals surface area contributed by atoms with Crippen LogP contribution in [0.15, 0.2) is 42.6 Å². The second-order valence-electron chi connectivity index (χ2n) is 10.1. The molecule has 1 saturated carbocycles. The van der Waals surface area contributed by atoms with Gasteiger partial charge in [0.15, 0.2) is 0 Å². The van der Waals surface area contributed by atoms with Crippen LogP contribution in [0.1, 0.15) is 57.4 Å². The fourth-order valence-electron chi connectivity index (χ4n) is 5.63. The number of anilines is 2. The molecule has 1 aromatic carbocycles. The van der Waals surface area contributed by atoms with Crippen LogP contribution < -0.4 is 16.0 Å². The zero-order valence-corrected chi connectivity index (χ0v) is 21.5. The summed E-state index contributed by atoms with van der Waals surface area (Å²) in [5.41, 5.74) is 6.56. The van der Waals surface area contributed by atoms with E-state index in [4.69, 9.17) is 5.73 Å². The molecule has 1 saturated heterocycles. The number of aromatic nitrogens is 1. The molecule has 2 aromatic rings. The molecule has 37 heavy (non-hydrogen) atoms. The number of rotatable bonds is 8. The Morgan fingerprint density at radius 2 is 1.92 bits per heavy atom. The van der Waals surface area contributed by atoms with E-state index in [2.05, 4.69) is 17.2 Å². The molecule has 1 aliphatic heterocycles. The van der Waals surface area contributed by atoms with Gasteiger partial charge >= 0.3 is 6.03 Å². The van der Waals surface area contributed by atoms with Gasteiger partial charge in [0, 0.05) is 18.8 Å². The van der Waals surface area contributed by atoms with Gasteiger partial charge in [0.2, 0.25) is 5.91 Å². The van der Waals surface area contributed by atoms with Gasteiger partial charge in [-0.15, -0.1) is 0 Å². The average molecular weight is 510 g/mol. The number of likely N-dealkylation sites (tertiary alicyclic amines) is 1. The maximum Gasteiger partial charge on any atom is 0.325 e. The van der Waals surface area contributed by atoms with Crippen LogP contribution in [0.25, 0.3) is 0 Å². The largest absolute Gasteiger partial charge is 0.384 e. The molecule has 8 nitrogen and oxygen atoms in total. The first-order chi connectivity index (χ1) is 17.8. The van der Waals surface area contributed by atoms with Crippen LogP contribution in [-0.2, 0) is 16.0 Å². The third-order valence-electron chi connectivity index (χ3n) is 7.68. The lowest BCUT2D eigenvalue weighted by molar-refractivity contribution is -0.156. The third kappa shape index (κ3) is 5.76. The van der Waals surface area contributed by atoms with Crippen molar-refractivity contribution in [2.24, 2.45) is 11.8 Å². The zero-order chi connectivity index (χ0) is 26.5. The summed E-state index contributed by atoms with van der Waals surface area (Å²) in [7, 11) is 1.61. The summed E-state index contributed by atoms with van der Waals surface area (Å²) >= 11 is 0. The number of nitrogens with zero attached hydrogens (tertiary/aromatic N) is 3. The number of benzene rings is 1. The minimum atomic E-state index is -1.06. The van der Waals surface area contributed by atoms with Gasteiger partial charge in [-0.1, -0.05) is 50.8 Å². The Kier molecular flexibility index (Phi) is 8.41. The lowest BCUT2D eigenvalue weighted by Crippen LogP contribution is -2.71. The van der Waals surface area contributed by atoms with Gasteiger partial charge in [0.05, 0.1) is 12.1 Å². The van der Waals surface area contributed by atoms with Gasteiger partial charge in [0.25, 0.3) is 5.91 Å². The lowest BCUT2D eigenvalue weighted by atomic mass is 9.81.